The Kier molecular flexibility index (Phi) is 4.50. The lowest BCUT2D eigenvalue weighted by atomic mass is 9.96. The van der Waals surface area contributed by atoms with Gasteiger partial charge in [0.05, 0.1) is 0 Å². The molecule has 0 unspecified atom stereocenters. The highest BCUT2D eigenvalue weighted by Gasteiger charge is 2.56. The third-order valence-corrected chi connectivity index (χ3v) is 5.23. The second kappa shape index (κ2) is 6.99. The van der Waals surface area contributed by atoms with Gasteiger partial charge in [0.2, 0.25) is 5.91 Å². The number of rotatable bonds is 6. The fourth-order valence-electron chi connectivity index (χ4n) is 3.47. The first kappa shape index (κ1) is 18.0. The highest BCUT2D eigenvalue weighted by molar-refractivity contribution is 6.10. The van der Waals surface area contributed by atoms with E-state index in [2.05, 4.69) is 16.0 Å². The molecule has 1 saturated carbocycles. The maximum Gasteiger partial charge on any atom is 0.325 e. The molecule has 2 aromatic rings. The van der Waals surface area contributed by atoms with Crippen LogP contribution in [0.15, 0.2) is 54.6 Å². The van der Waals surface area contributed by atoms with E-state index in [-0.39, 0.29) is 18.4 Å². The van der Waals surface area contributed by atoms with E-state index in [0.29, 0.717) is 5.69 Å². The minimum Gasteiger partial charge on any atom is -0.356 e. The van der Waals surface area contributed by atoms with Crippen LogP contribution < -0.4 is 16.0 Å². The maximum absolute atomic E-state index is 12.6. The molecular weight excluding hydrogens is 356 g/mol. The Bertz CT molecular complexity index is 909. The van der Waals surface area contributed by atoms with Crippen LogP contribution >= 0.6 is 0 Å². The molecule has 1 atom stereocenters. The van der Waals surface area contributed by atoms with Gasteiger partial charge in [0.25, 0.3) is 5.91 Å². The monoisotopic (exact) mass is 378 g/mol. The summed E-state index contributed by atoms with van der Waals surface area (Å²) in [5.74, 6) is -0.563. The molecule has 2 fully saturated rings. The van der Waals surface area contributed by atoms with E-state index >= 15 is 0 Å². The van der Waals surface area contributed by atoms with E-state index < -0.39 is 17.5 Å². The Hall–Kier alpha value is -3.35. The summed E-state index contributed by atoms with van der Waals surface area (Å²) in [6.45, 7) is 1.44. The first-order valence-electron chi connectivity index (χ1n) is 9.32. The molecule has 4 rings (SSSR count). The molecule has 28 heavy (non-hydrogen) atoms. The summed E-state index contributed by atoms with van der Waals surface area (Å²) in [5, 5.41) is 8.74. The van der Waals surface area contributed by atoms with Gasteiger partial charge in [-0.2, -0.15) is 0 Å². The topological polar surface area (TPSA) is 90.5 Å². The van der Waals surface area contributed by atoms with Crippen molar-refractivity contribution in [3.63, 3.8) is 0 Å². The van der Waals surface area contributed by atoms with Crippen LogP contribution in [0.3, 0.4) is 0 Å². The van der Waals surface area contributed by atoms with Crippen LogP contribution in [0, 0.1) is 5.92 Å². The number of anilines is 3. The van der Waals surface area contributed by atoms with Gasteiger partial charge < -0.3 is 16.0 Å². The normalized spacial score (nSPS) is 21.4. The Morgan fingerprint density at radius 2 is 1.64 bits per heavy atom. The SMILES string of the molecule is C[C@@]1(C2CC2)NC(=O)N(CC(=O)Nc2ccc(Nc3ccccc3)cc2)C1=O. The number of hydrogen-bond donors (Lipinski definition) is 3. The molecule has 2 aromatic carbocycles. The average molecular weight is 378 g/mol. The van der Waals surface area contributed by atoms with Crippen molar-refractivity contribution in [1.29, 1.82) is 0 Å². The average Bonchev–Trinajstić information content (AvgIpc) is 3.50. The lowest BCUT2D eigenvalue weighted by Crippen LogP contribution is -2.46. The number of nitrogens with zero attached hydrogens (tertiary/aromatic N) is 1. The molecule has 4 amide bonds. The number of amides is 4. The second-order valence-corrected chi connectivity index (χ2v) is 7.41. The molecule has 1 aliphatic carbocycles. The van der Waals surface area contributed by atoms with Crippen LogP contribution in [-0.2, 0) is 9.59 Å². The molecule has 2 aliphatic rings. The Morgan fingerprint density at radius 1 is 1.04 bits per heavy atom. The molecular formula is C21H22N4O3. The van der Waals surface area contributed by atoms with Gasteiger partial charge in [-0.05, 0) is 62.1 Å². The molecule has 1 saturated heterocycles. The fraction of sp³-hybridized carbons (Fsp3) is 0.286. The number of imide groups is 1. The molecule has 0 radical (unpaired) electrons. The number of carbonyl (C=O) groups excluding carboxylic acids is 3. The van der Waals surface area contributed by atoms with Gasteiger partial charge in [0, 0.05) is 17.1 Å². The Labute approximate surface area is 163 Å². The zero-order chi connectivity index (χ0) is 19.7. The van der Waals surface area contributed by atoms with Crippen molar-refractivity contribution in [3.8, 4) is 0 Å². The zero-order valence-corrected chi connectivity index (χ0v) is 15.6. The third-order valence-electron chi connectivity index (χ3n) is 5.23. The van der Waals surface area contributed by atoms with Crippen LogP contribution in [0.25, 0.3) is 0 Å². The summed E-state index contributed by atoms with van der Waals surface area (Å²) >= 11 is 0. The number of urea groups is 1. The van der Waals surface area contributed by atoms with Crippen LogP contribution in [0.2, 0.25) is 0 Å². The summed E-state index contributed by atoms with van der Waals surface area (Å²) in [5.41, 5.74) is 1.58. The fourth-order valence-corrected chi connectivity index (χ4v) is 3.47. The summed E-state index contributed by atoms with van der Waals surface area (Å²) < 4.78 is 0. The zero-order valence-electron chi connectivity index (χ0n) is 15.6. The number of hydrogen-bond acceptors (Lipinski definition) is 4. The van der Waals surface area contributed by atoms with Gasteiger partial charge in [0.1, 0.15) is 12.1 Å². The second-order valence-electron chi connectivity index (χ2n) is 7.41. The minimum atomic E-state index is -0.873. The maximum atomic E-state index is 12.6. The van der Waals surface area contributed by atoms with E-state index in [1.807, 2.05) is 42.5 Å². The number of carbonyl (C=O) groups is 3. The van der Waals surface area contributed by atoms with Gasteiger partial charge >= 0.3 is 6.03 Å². The van der Waals surface area contributed by atoms with Crippen molar-refractivity contribution in [2.24, 2.45) is 5.92 Å². The lowest BCUT2D eigenvalue weighted by Gasteiger charge is -2.20. The van der Waals surface area contributed by atoms with Crippen molar-refractivity contribution in [2.45, 2.75) is 25.3 Å². The van der Waals surface area contributed by atoms with Crippen LogP contribution in [0.5, 0.6) is 0 Å². The molecule has 0 bridgehead atoms. The minimum absolute atomic E-state index is 0.168. The van der Waals surface area contributed by atoms with Crippen LogP contribution in [0.1, 0.15) is 19.8 Å². The van der Waals surface area contributed by atoms with Gasteiger partial charge in [-0.3, -0.25) is 14.5 Å². The number of para-hydroxylation sites is 1. The standard InChI is InChI=1S/C21H22N4O3/c1-21(14-7-8-14)19(27)25(20(28)24-21)13-18(26)23-17-11-9-16(10-12-17)22-15-5-3-2-4-6-15/h2-6,9-12,14,22H,7-8,13H2,1H3,(H,23,26)(H,24,28)/t21-/m0/s1. The van der Waals surface area contributed by atoms with E-state index in [1.54, 1.807) is 19.1 Å². The molecule has 7 nitrogen and oxygen atoms in total. The van der Waals surface area contributed by atoms with Gasteiger partial charge in [0.15, 0.2) is 0 Å². The van der Waals surface area contributed by atoms with Crippen molar-refractivity contribution >= 4 is 34.9 Å². The molecule has 0 spiro atoms. The van der Waals surface area contributed by atoms with E-state index in [0.717, 1.165) is 29.1 Å². The summed E-state index contributed by atoms with van der Waals surface area (Å²) in [7, 11) is 0. The van der Waals surface area contributed by atoms with Gasteiger partial charge in [-0.15, -0.1) is 0 Å². The quantitative estimate of drug-likeness (QED) is 0.674. The molecule has 1 heterocycles. The lowest BCUT2D eigenvalue weighted by molar-refractivity contribution is -0.134. The first-order chi connectivity index (χ1) is 13.5. The Balaban J connectivity index is 1.35. The van der Waals surface area contributed by atoms with Crippen molar-refractivity contribution in [1.82, 2.24) is 10.2 Å². The van der Waals surface area contributed by atoms with Crippen molar-refractivity contribution in [3.05, 3.63) is 54.6 Å². The molecule has 3 N–H and O–H groups in total. The number of benzene rings is 2. The molecule has 144 valence electrons. The largest absolute Gasteiger partial charge is 0.356 e. The Morgan fingerprint density at radius 3 is 2.29 bits per heavy atom. The summed E-state index contributed by atoms with van der Waals surface area (Å²) in [6, 6.07) is 16.5. The van der Waals surface area contributed by atoms with Crippen molar-refractivity contribution in [2.75, 3.05) is 17.2 Å². The third kappa shape index (κ3) is 3.55. The van der Waals surface area contributed by atoms with E-state index in [9.17, 15) is 14.4 Å². The van der Waals surface area contributed by atoms with Gasteiger partial charge in [-0.25, -0.2) is 4.79 Å². The highest BCUT2D eigenvalue weighted by atomic mass is 16.2. The van der Waals surface area contributed by atoms with E-state index in [1.165, 1.54) is 0 Å². The first-order valence-corrected chi connectivity index (χ1v) is 9.32. The van der Waals surface area contributed by atoms with E-state index in [4.69, 9.17) is 0 Å². The predicted octanol–water partition coefficient (Wildman–Crippen LogP) is 3.09. The van der Waals surface area contributed by atoms with Crippen LogP contribution in [-0.4, -0.2) is 34.8 Å². The van der Waals surface area contributed by atoms with Crippen LogP contribution in [0.4, 0.5) is 21.9 Å². The highest BCUT2D eigenvalue weighted by Crippen LogP contribution is 2.42. The molecule has 0 aromatic heterocycles. The predicted molar refractivity (Wildman–Crippen MR) is 106 cm³/mol. The van der Waals surface area contributed by atoms with Gasteiger partial charge in [-0.1, -0.05) is 18.2 Å². The summed E-state index contributed by atoms with van der Waals surface area (Å²) in [6.07, 6.45) is 1.85. The summed E-state index contributed by atoms with van der Waals surface area (Å²) in [4.78, 5) is 38.1. The van der Waals surface area contributed by atoms with Crippen molar-refractivity contribution < 1.29 is 14.4 Å². The smallest absolute Gasteiger partial charge is 0.325 e. The molecule has 1 aliphatic heterocycles. The molecule has 7 heteroatoms. The number of nitrogens with one attached hydrogen (secondary N) is 3.